The Bertz CT molecular complexity index is 1100. The Morgan fingerprint density at radius 2 is 1.86 bits per heavy atom. The molecule has 2 aromatic carbocycles. The largest absolute Gasteiger partial charge is 0.416 e. The van der Waals surface area contributed by atoms with Crippen molar-refractivity contribution in [2.24, 2.45) is 0 Å². The van der Waals surface area contributed by atoms with Crippen LogP contribution in [0.15, 0.2) is 46.9 Å². The molecular formula is C19H12BrF4N3OS. The van der Waals surface area contributed by atoms with E-state index in [1.807, 2.05) is 12.1 Å². The fourth-order valence-corrected chi connectivity index (χ4v) is 4.27. The van der Waals surface area contributed by atoms with Crippen LogP contribution in [0.3, 0.4) is 0 Å². The molecule has 150 valence electrons. The van der Waals surface area contributed by atoms with Gasteiger partial charge in [-0.05, 0) is 42.5 Å². The second-order valence-electron chi connectivity index (χ2n) is 6.34. The van der Waals surface area contributed by atoms with E-state index in [2.05, 4.69) is 26.3 Å². The van der Waals surface area contributed by atoms with Crippen LogP contribution in [0.25, 0.3) is 5.69 Å². The van der Waals surface area contributed by atoms with Crippen LogP contribution in [0.5, 0.6) is 0 Å². The molecule has 0 atom stereocenters. The predicted octanol–water partition coefficient (Wildman–Crippen LogP) is 5.79. The van der Waals surface area contributed by atoms with Gasteiger partial charge in [0.2, 0.25) is 0 Å². The summed E-state index contributed by atoms with van der Waals surface area (Å²) in [5.41, 5.74) is 0.644. The first-order valence-electron chi connectivity index (χ1n) is 8.36. The van der Waals surface area contributed by atoms with Crippen molar-refractivity contribution in [3.05, 3.63) is 75.1 Å². The molecule has 1 N–H and O–H groups in total. The Hall–Kier alpha value is -2.33. The molecule has 29 heavy (non-hydrogen) atoms. The van der Waals surface area contributed by atoms with Crippen molar-refractivity contribution < 1.29 is 22.4 Å². The van der Waals surface area contributed by atoms with Crippen molar-refractivity contribution in [3.63, 3.8) is 0 Å². The van der Waals surface area contributed by atoms with E-state index in [9.17, 15) is 22.4 Å². The fourth-order valence-electron chi connectivity index (χ4n) is 2.97. The summed E-state index contributed by atoms with van der Waals surface area (Å²) in [6.45, 7) is 0. The summed E-state index contributed by atoms with van der Waals surface area (Å²) in [5.74, 6) is -0.325. The van der Waals surface area contributed by atoms with Crippen LogP contribution >= 0.6 is 27.7 Å². The SMILES string of the molecule is O=C(Nc1c2c(nn1-c1ccc(Br)cc1)CSC2)c1cc(F)cc(C(F)(F)F)c1. The van der Waals surface area contributed by atoms with E-state index in [0.29, 0.717) is 35.1 Å². The van der Waals surface area contributed by atoms with Gasteiger partial charge in [0.25, 0.3) is 5.91 Å². The van der Waals surface area contributed by atoms with E-state index in [1.165, 1.54) is 0 Å². The lowest BCUT2D eigenvalue weighted by Crippen LogP contribution is -2.17. The van der Waals surface area contributed by atoms with Gasteiger partial charge in [0.1, 0.15) is 11.6 Å². The van der Waals surface area contributed by atoms with Crippen molar-refractivity contribution in [2.75, 3.05) is 5.32 Å². The number of carbonyl (C=O) groups is 1. The number of anilines is 1. The molecule has 0 radical (unpaired) electrons. The molecule has 0 spiro atoms. The van der Waals surface area contributed by atoms with Crippen LogP contribution in [-0.4, -0.2) is 15.7 Å². The van der Waals surface area contributed by atoms with Gasteiger partial charge >= 0.3 is 6.18 Å². The molecule has 1 aliphatic rings. The zero-order valence-corrected chi connectivity index (χ0v) is 17.0. The molecule has 0 unspecified atom stereocenters. The number of thioether (sulfide) groups is 1. The third kappa shape index (κ3) is 4.04. The zero-order valence-electron chi connectivity index (χ0n) is 14.6. The minimum absolute atomic E-state index is 0.358. The summed E-state index contributed by atoms with van der Waals surface area (Å²) in [6.07, 6.45) is -4.76. The Balaban J connectivity index is 1.72. The fraction of sp³-hybridized carbons (Fsp3) is 0.158. The molecule has 1 aliphatic heterocycles. The lowest BCUT2D eigenvalue weighted by Gasteiger charge is -2.13. The molecule has 0 saturated heterocycles. The minimum Gasteiger partial charge on any atom is -0.306 e. The summed E-state index contributed by atoms with van der Waals surface area (Å²) in [4.78, 5) is 12.7. The van der Waals surface area contributed by atoms with E-state index >= 15 is 0 Å². The van der Waals surface area contributed by atoms with Crippen molar-refractivity contribution in [1.29, 1.82) is 0 Å². The number of nitrogens with zero attached hydrogens (tertiary/aromatic N) is 2. The van der Waals surface area contributed by atoms with Crippen molar-refractivity contribution in [2.45, 2.75) is 17.7 Å². The lowest BCUT2D eigenvalue weighted by molar-refractivity contribution is -0.137. The van der Waals surface area contributed by atoms with Crippen LogP contribution in [-0.2, 0) is 17.7 Å². The molecule has 0 bridgehead atoms. The Morgan fingerprint density at radius 1 is 1.14 bits per heavy atom. The van der Waals surface area contributed by atoms with Gasteiger partial charge in [-0.15, -0.1) is 0 Å². The van der Waals surface area contributed by atoms with Gasteiger partial charge in [0, 0.05) is 27.1 Å². The number of amides is 1. The van der Waals surface area contributed by atoms with Crippen molar-refractivity contribution >= 4 is 39.4 Å². The Labute approximate surface area is 175 Å². The molecule has 4 nitrogen and oxygen atoms in total. The van der Waals surface area contributed by atoms with E-state index in [4.69, 9.17) is 0 Å². The first-order valence-corrected chi connectivity index (χ1v) is 10.3. The average Bonchev–Trinajstić information content (AvgIpc) is 3.24. The third-order valence-electron chi connectivity index (χ3n) is 4.34. The maximum Gasteiger partial charge on any atom is 0.416 e. The van der Waals surface area contributed by atoms with Crippen molar-refractivity contribution in [3.8, 4) is 5.69 Å². The van der Waals surface area contributed by atoms with Crippen LogP contribution in [0.1, 0.15) is 27.2 Å². The number of aromatic nitrogens is 2. The van der Waals surface area contributed by atoms with Gasteiger partial charge in [-0.25, -0.2) is 9.07 Å². The maximum atomic E-state index is 13.7. The van der Waals surface area contributed by atoms with E-state index < -0.39 is 29.0 Å². The van der Waals surface area contributed by atoms with Gasteiger partial charge in [-0.1, -0.05) is 15.9 Å². The van der Waals surface area contributed by atoms with Gasteiger partial charge in [0.15, 0.2) is 0 Å². The van der Waals surface area contributed by atoms with Gasteiger partial charge in [-0.2, -0.15) is 30.0 Å². The highest BCUT2D eigenvalue weighted by atomic mass is 79.9. The third-order valence-corrected chi connectivity index (χ3v) is 5.84. The van der Waals surface area contributed by atoms with Gasteiger partial charge in [-0.3, -0.25) is 4.79 Å². The number of hydrogen-bond donors (Lipinski definition) is 1. The number of alkyl halides is 3. The van der Waals surface area contributed by atoms with Crippen LogP contribution in [0.2, 0.25) is 0 Å². The van der Waals surface area contributed by atoms with E-state index in [0.717, 1.165) is 21.8 Å². The summed E-state index contributed by atoms with van der Waals surface area (Å²) >= 11 is 4.97. The van der Waals surface area contributed by atoms with Crippen LogP contribution < -0.4 is 5.32 Å². The van der Waals surface area contributed by atoms with E-state index in [-0.39, 0.29) is 0 Å². The number of benzene rings is 2. The number of carbonyl (C=O) groups excluding carboxylic acids is 1. The predicted molar refractivity (Wildman–Crippen MR) is 106 cm³/mol. The van der Waals surface area contributed by atoms with Crippen molar-refractivity contribution in [1.82, 2.24) is 9.78 Å². The monoisotopic (exact) mass is 485 g/mol. The van der Waals surface area contributed by atoms with E-state index in [1.54, 1.807) is 28.6 Å². The number of halogens is 5. The van der Waals surface area contributed by atoms with Gasteiger partial charge < -0.3 is 5.32 Å². The molecular weight excluding hydrogens is 474 g/mol. The standard InChI is InChI=1S/C19H12BrF4N3OS/c20-12-1-3-14(4-2-12)27-17(15-8-29-9-16(15)26-27)25-18(28)10-5-11(19(22,23)24)7-13(21)6-10/h1-7H,8-9H2,(H,25,28). The highest BCUT2D eigenvalue weighted by Gasteiger charge is 2.32. The van der Waals surface area contributed by atoms with Crippen LogP contribution in [0, 0.1) is 5.82 Å². The second kappa shape index (κ2) is 7.49. The topological polar surface area (TPSA) is 46.9 Å². The summed E-state index contributed by atoms with van der Waals surface area (Å²) < 4.78 is 55.0. The molecule has 0 aliphatic carbocycles. The number of hydrogen-bond acceptors (Lipinski definition) is 3. The number of rotatable bonds is 3. The number of fused-ring (bicyclic) bond motifs is 1. The Kier molecular flexibility index (Phi) is 5.16. The quantitative estimate of drug-likeness (QED) is 0.477. The second-order valence-corrected chi connectivity index (χ2v) is 8.24. The lowest BCUT2D eigenvalue weighted by atomic mass is 10.1. The molecule has 10 heteroatoms. The first-order chi connectivity index (χ1) is 13.7. The highest BCUT2D eigenvalue weighted by molar-refractivity contribution is 9.10. The average molecular weight is 486 g/mol. The summed E-state index contributed by atoms with van der Waals surface area (Å²) in [7, 11) is 0. The first kappa shape index (κ1) is 20.0. The Morgan fingerprint density at radius 3 is 2.55 bits per heavy atom. The minimum atomic E-state index is -4.76. The molecule has 3 aromatic rings. The molecule has 2 heterocycles. The smallest absolute Gasteiger partial charge is 0.306 e. The molecule has 0 fully saturated rings. The maximum absolute atomic E-state index is 13.7. The summed E-state index contributed by atoms with van der Waals surface area (Å²) in [6, 6.07) is 8.97. The highest BCUT2D eigenvalue weighted by Crippen LogP contribution is 2.37. The number of nitrogens with one attached hydrogen (secondary N) is 1. The summed E-state index contributed by atoms with van der Waals surface area (Å²) in [5, 5.41) is 7.15. The molecule has 4 rings (SSSR count). The van der Waals surface area contributed by atoms with Gasteiger partial charge in [0.05, 0.1) is 16.9 Å². The molecule has 1 amide bonds. The zero-order chi connectivity index (χ0) is 20.8. The molecule has 0 saturated carbocycles. The molecule has 1 aromatic heterocycles. The van der Waals surface area contributed by atoms with Crippen LogP contribution in [0.4, 0.5) is 23.4 Å². The normalized spacial score (nSPS) is 13.4.